The van der Waals surface area contributed by atoms with E-state index in [9.17, 15) is 4.79 Å². The average Bonchev–Trinajstić information content (AvgIpc) is 2.61. The molecule has 1 rings (SSSR count). The Hall–Kier alpha value is -1.15. The first-order valence-corrected chi connectivity index (χ1v) is 9.85. The highest BCUT2D eigenvalue weighted by Crippen LogP contribution is 2.12. The lowest BCUT2D eigenvalue weighted by Crippen LogP contribution is -1.82. The molecule has 0 aliphatic carbocycles. The van der Waals surface area contributed by atoms with Crippen molar-refractivity contribution >= 4 is 6.29 Å². The summed E-state index contributed by atoms with van der Waals surface area (Å²) in [5.41, 5.74) is 0.729. The molecule has 0 aliphatic heterocycles. The van der Waals surface area contributed by atoms with Gasteiger partial charge in [0.05, 0.1) is 0 Å². The molecule has 0 spiro atoms. The van der Waals surface area contributed by atoms with E-state index in [4.69, 9.17) is 0 Å². The highest BCUT2D eigenvalue weighted by atomic mass is 16.1. The zero-order valence-corrected chi connectivity index (χ0v) is 16.1. The Morgan fingerprint density at radius 1 is 0.625 bits per heavy atom. The lowest BCUT2D eigenvalue weighted by molar-refractivity contribution is 0.112. The molecule has 0 amide bonds. The van der Waals surface area contributed by atoms with E-state index in [0.29, 0.717) is 0 Å². The summed E-state index contributed by atoms with van der Waals surface area (Å²) in [6.07, 6.45) is 19.8. The van der Waals surface area contributed by atoms with Crippen LogP contribution in [0.5, 0.6) is 0 Å². The van der Waals surface area contributed by atoms with Gasteiger partial charge in [-0.1, -0.05) is 128 Å². The fraction of sp³-hybridized carbons (Fsp3) is 0.682. The number of benzene rings is 1. The van der Waals surface area contributed by atoms with Crippen molar-refractivity contribution in [1.82, 2.24) is 0 Å². The number of carbonyl (C=O) groups excluding carboxylic acids is 1. The lowest BCUT2D eigenvalue weighted by atomic mass is 10.1. The van der Waals surface area contributed by atoms with Crippen molar-refractivity contribution in [3.63, 3.8) is 0 Å². The van der Waals surface area contributed by atoms with Gasteiger partial charge in [0.1, 0.15) is 6.29 Å². The Morgan fingerprint density at radius 3 is 1.21 bits per heavy atom. The number of hydrogen-bond acceptors (Lipinski definition) is 1. The topological polar surface area (TPSA) is 48.6 Å². The van der Waals surface area contributed by atoms with Gasteiger partial charge in [-0.15, -0.1) is 0 Å². The molecule has 0 heterocycles. The summed E-state index contributed by atoms with van der Waals surface area (Å²) in [4.78, 5) is 10.0. The Morgan fingerprint density at radius 2 is 0.958 bits per heavy atom. The van der Waals surface area contributed by atoms with E-state index >= 15 is 0 Å². The molecule has 24 heavy (non-hydrogen) atoms. The molecule has 0 aromatic heterocycles. The number of rotatable bonds is 13. The molecule has 1 aromatic rings. The fourth-order valence-corrected chi connectivity index (χ4v) is 2.62. The molecular formula is C22H40O2. The normalized spacial score (nSPS) is 9.58. The van der Waals surface area contributed by atoms with Gasteiger partial charge >= 0.3 is 0 Å². The van der Waals surface area contributed by atoms with Crippen LogP contribution in [-0.2, 0) is 0 Å². The summed E-state index contributed by atoms with van der Waals surface area (Å²) in [7, 11) is 0. The van der Waals surface area contributed by atoms with Crippen LogP contribution in [-0.4, -0.2) is 11.8 Å². The molecule has 140 valence electrons. The first kappa shape index (κ1) is 25.1. The number of aldehydes is 1. The zero-order valence-electron chi connectivity index (χ0n) is 16.1. The van der Waals surface area contributed by atoms with Crippen LogP contribution in [0, 0.1) is 0 Å². The van der Waals surface area contributed by atoms with E-state index < -0.39 is 0 Å². The molecule has 2 N–H and O–H groups in total. The number of hydrogen-bond donors (Lipinski definition) is 0. The maximum absolute atomic E-state index is 10.0. The largest absolute Gasteiger partial charge is 0.412 e. The molecule has 0 atom stereocenters. The molecule has 0 radical (unpaired) electrons. The third-order valence-electron chi connectivity index (χ3n) is 4.14. The van der Waals surface area contributed by atoms with Gasteiger partial charge < -0.3 is 5.48 Å². The second-order valence-electron chi connectivity index (χ2n) is 6.42. The Bertz CT molecular complexity index is 323. The monoisotopic (exact) mass is 336 g/mol. The van der Waals surface area contributed by atoms with Crippen LogP contribution >= 0.6 is 0 Å². The van der Waals surface area contributed by atoms with Gasteiger partial charge in [0, 0.05) is 5.56 Å². The Kier molecular flexibility index (Phi) is 22.8. The van der Waals surface area contributed by atoms with E-state index in [2.05, 4.69) is 13.8 Å². The van der Waals surface area contributed by atoms with Gasteiger partial charge in [-0.2, -0.15) is 0 Å². The van der Waals surface area contributed by atoms with Crippen LogP contribution in [0.25, 0.3) is 0 Å². The summed E-state index contributed by atoms with van der Waals surface area (Å²) >= 11 is 0. The van der Waals surface area contributed by atoms with Crippen LogP contribution < -0.4 is 0 Å². The lowest BCUT2D eigenvalue weighted by Gasteiger charge is -2.01. The zero-order chi connectivity index (χ0) is 17.0. The summed E-state index contributed by atoms with van der Waals surface area (Å²) < 4.78 is 0. The molecular weight excluding hydrogens is 296 g/mol. The first-order valence-electron chi connectivity index (χ1n) is 9.85. The fourth-order valence-electron chi connectivity index (χ4n) is 2.62. The average molecular weight is 337 g/mol. The molecule has 1 aromatic carbocycles. The highest BCUT2D eigenvalue weighted by Gasteiger charge is 1.92. The first-order chi connectivity index (χ1) is 11.3. The highest BCUT2D eigenvalue weighted by molar-refractivity contribution is 5.74. The standard InChI is InChI=1S/C15H32.C7H6O.H2O/c1-3-5-7-9-11-13-15-14-12-10-8-6-4-2;8-6-7-4-2-1-3-5-7;/h3-15H2,1-2H3;1-6H;1H2. The predicted octanol–water partition coefficient (Wildman–Crippen LogP) is 6.77. The van der Waals surface area contributed by atoms with Crippen LogP contribution in [0.3, 0.4) is 0 Å². The molecule has 0 aliphatic rings. The van der Waals surface area contributed by atoms with Crippen molar-refractivity contribution in [3.05, 3.63) is 35.9 Å². The van der Waals surface area contributed by atoms with Crippen molar-refractivity contribution in [2.24, 2.45) is 0 Å². The van der Waals surface area contributed by atoms with E-state index in [0.717, 1.165) is 11.8 Å². The molecule has 0 bridgehead atoms. The van der Waals surface area contributed by atoms with Gasteiger partial charge in [0.25, 0.3) is 0 Å². The molecule has 0 saturated carbocycles. The van der Waals surface area contributed by atoms with Crippen molar-refractivity contribution < 1.29 is 10.3 Å². The van der Waals surface area contributed by atoms with Gasteiger partial charge in [0.15, 0.2) is 0 Å². The van der Waals surface area contributed by atoms with Gasteiger partial charge in [0.2, 0.25) is 0 Å². The summed E-state index contributed by atoms with van der Waals surface area (Å²) in [6.45, 7) is 4.58. The third-order valence-corrected chi connectivity index (χ3v) is 4.14. The quantitative estimate of drug-likeness (QED) is 0.289. The Balaban J connectivity index is 0. The van der Waals surface area contributed by atoms with Crippen molar-refractivity contribution in [2.45, 2.75) is 97.3 Å². The van der Waals surface area contributed by atoms with Crippen LogP contribution in [0.15, 0.2) is 30.3 Å². The minimum absolute atomic E-state index is 0. The van der Waals surface area contributed by atoms with Gasteiger partial charge in [-0.25, -0.2) is 0 Å². The van der Waals surface area contributed by atoms with Crippen molar-refractivity contribution in [1.29, 1.82) is 0 Å². The summed E-state index contributed by atoms with van der Waals surface area (Å²) in [5.74, 6) is 0. The number of unbranched alkanes of at least 4 members (excludes halogenated alkanes) is 12. The second-order valence-corrected chi connectivity index (χ2v) is 6.42. The number of carbonyl (C=O) groups is 1. The maximum atomic E-state index is 10.0. The summed E-state index contributed by atoms with van der Waals surface area (Å²) in [6, 6.07) is 9.10. The maximum Gasteiger partial charge on any atom is 0.150 e. The van der Waals surface area contributed by atoms with Crippen LogP contribution in [0.2, 0.25) is 0 Å². The van der Waals surface area contributed by atoms with Crippen LogP contribution in [0.4, 0.5) is 0 Å². The van der Waals surface area contributed by atoms with Gasteiger partial charge in [-0.05, 0) is 0 Å². The second kappa shape index (κ2) is 21.9. The van der Waals surface area contributed by atoms with E-state index in [-0.39, 0.29) is 5.48 Å². The van der Waals surface area contributed by atoms with Crippen LogP contribution in [0.1, 0.15) is 108 Å². The van der Waals surface area contributed by atoms with Crippen molar-refractivity contribution in [3.8, 4) is 0 Å². The minimum atomic E-state index is 0. The SMILES string of the molecule is CCCCCCCCCCCCCCC.O.O=Cc1ccccc1. The van der Waals surface area contributed by atoms with E-state index in [1.807, 2.05) is 18.2 Å². The van der Waals surface area contributed by atoms with Gasteiger partial charge in [-0.3, -0.25) is 4.79 Å². The smallest absolute Gasteiger partial charge is 0.150 e. The predicted molar refractivity (Wildman–Crippen MR) is 107 cm³/mol. The molecule has 0 saturated heterocycles. The van der Waals surface area contributed by atoms with Crippen molar-refractivity contribution in [2.75, 3.05) is 0 Å². The van der Waals surface area contributed by atoms with E-state index in [1.165, 1.54) is 83.5 Å². The Labute approximate surface area is 150 Å². The molecule has 0 fully saturated rings. The summed E-state index contributed by atoms with van der Waals surface area (Å²) in [5, 5.41) is 0. The minimum Gasteiger partial charge on any atom is -0.412 e. The third kappa shape index (κ3) is 18.9. The molecule has 0 unspecified atom stereocenters. The molecule has 2 nitrogen and oxygen atoms in total. The van der Waals surface area contributed by atoms with E-state index in [1.54, 1.807) is 12.1 Å². The molecule has 2 heteroatoms.